The summed E-state index contributed by atoms with van der Waals surface area (Å²) in [6, 6.07) is 19.8. The van der Waals surface area contributed by atoms with Crippen molar-refractivity contribution < 1.29 is 4.79 Å². The van der Waals surface area contributed by atoms with Crippen LogP contribution in [0.15, 0.2) is 79.9 Å². The third-order valence-corrected chi connectivity index (χ3v) is 3.79. The molecule has 0 saturated heterocycles. The standard InChI is InChI=1S/C21H17NO/c1-3-15-8-10-16(11-9-15)19-12-13-20(22-19)17-6-5-7-18(14-17)21(23)4-2/h3-14,22H,1-2H2. The lowest BCUT2D eigenvalue weighted by molar-refractivity contribution is 0.104. The zero-order valence-corrected chi connectivity index (χ0v) is 12.8. The van der Waals surface area contributed by atoms with Gasteiger partial charge in [-0.15, -0.1) is 0 Å². The third kappa shape index (κ3) is 3.06. The number of rotatable bonds is 5. The number of ketones is 1. The average molecular weight is 299 g/mol. The van der Waals surface area contributed by atoms with Crippen LogP contribution >= 0.6 is 0 Å². The first-order valence-electron chi connectivity index (χ1n) is 7.40. The molecule has 1 N–H and O–H groups in total. The summed E-state index contributed by atoms with van der Waals surface area (Å²) in [5.41, 5.74) is 5.84. The van der Waals surface area contributed by atoms with Gasteiger partial charge in [0.25, 0.3) is 0 Å². The van der Waals surface area contributed by atoms with Gasteiger partial charge in [0.05, 0.1) is 0 Å². The molecule has 0 bridgehead atoms. The molecule has 23 heavy (non-hydrogen) atoms. The zero-order chi connectivity index (χ0) is 16.2. The predicted molar refractivity (Wildman–Crippen MR) is 96.3 cm³/mol. The second kappa shape index (κ2) is 6.32. The van der Waals surface area contributed by atoms with E-state index in [-0.39, 0.29) is 5.78 Å². The van der Waals surface area contributed by atoms with Crippen molar-refractivity contribution in [1.82, 2.24) is 4.98 Å². The minimum atomic E-state index is -0.0707. The van der Waals surface area contributed by atoms with Crippen LogP contribution in [0.3, 0.4) is 0 Å². The molecule has 0 spiro atoms. The van der Waals surface area contributed by atoms with Crippen LogP contribution in [0.2, 0.25) is 0 Å². The number of allylic oxidation sites excluding steroid dienone is 1. The molecule has 0 unspecified atom stereocenters. The highest BCUT2D eigenvalue weighted by Crippen LogP contribution is 2.25. The van der Waals surface area contributed by atoms with E-state index in [4.69, 9.17) is 0 Å². The van der Waals surface area contributed by atoms with Gasteiger partial charge in [-0.1, -0.05) is 61.7 Å². The van der Waals surface area contributed by atoms with Gasteiger partial charge in [-0.05, 0) is 41.0 Å². The molecule has 0 aliphatic heterocycles. The molecule has 0 aliphatic carbocycles. The molecular formula is C21H17NO. The van der Waals surface area contributed by atoms with Gasteiger partial charge in [0.1, 0.15) is 0 Å². The van der Waals surface area contributed by atoms with Crippen molar-refractivity contribution in [1.29, 1.82) is 0 Å². The van der Waals surface area contributed by atoms with Gasteiger partial charge in [0.15, 0.2) is 5.78 Å². The van der Waals surface area contributed by atoms with E-state index in [2.05, 4.69) is 30.3 Å². The highest BCUT2D eigenvalue weighted by Gasteiger charge is 2.07. The maximum absolute atomic E-state index is 11.7. The minimum absolute atomic E-state index is 0.0707. The van der Waals surface area contributed by atoms with Gasteiger partial charge < -0.3 is 4.98 Å². The summed E-state index contributed by atoms with van der Waals surface area (Å²) in [5.74, 6) is -0.0707. The van der Waals surface area contributed by atoms with Crippen molar-refractivity contribution in [2.24, 2.45) is 0 Å². The van der Waals surface area contributed by atoms with Crippen LogP contribution in [0, 0.1) is 0 Å². The Hall–Kier alpha value is -3.13. The van der Waals surface area contributed by atoms with Crippen LogP contribution in [-0.4, -0.2) is 10.8 Å². The van der Waals surface area contributed by atoms with Crippen LogP contribution in [0.4, 0.5) is 0 Å². The van der Waals surface area contributed by atoms with Crippen LogP contribution in [-0.2, 0) is 0 Å². The Labute approximate surface area is 135 Å². The van der Waals surface area contributed by atoms with E-state index in [1.165, 1.54) is 6.08 Å². The van der Waals surface area contributed by atoms with E-state index >= 15 is 0 Å². The number of H-pyrrole nitrogens is 1. The first-order chi connectivity index (χ1) is 11.2. The van der Waals surface area contributed by atoms with Gasteiger partial charge in [0, 0.05) is 17.0 Å². The molecule has 1 aromatic heterocycles. The fourth-order valence-corrected chi connectivity index (χ4v) is 2.49. The number of hydrogen-bond acceptors (Lipinski definition) is 1. The second-order valence-corrected chi connectivity index (χ2v) is 5.26. The molecule has 1 heterocycles. The lowest BCUT2D eigenvalue weighted by Gasteiger charge is -2.02. The number of benzene rings is 2. The normalized spacial score (nSPS) is 10.3. The highest BCUT2D eigenvalue weighted by molar-refractivity contribution is 6.04. The molecule has 0 amide bonds. The molecule has 0 aliphatic rings. The Morgan fingerprint density at radius 2 is 1.57 bits per heavy atom. The van der Waals surface area contributed by atoms with Gasteiger partial charge >= 0.3 is 0 Å². The summed E-state index contributed by atoms with van der Waals surface area (Å²) in [5, 5.41) is 0. The molecule has 3 rings (SSSR count). The quantitative estimate of drug-likeness (QED) is 0.499. The Morgan fingerprint density at radius 3 is 2.22 bits per heavy atom. The summed E-state index contributed by atoms with van der Waals surface area (Å²) >= 11 is 0. The molecule has 2 aromatic carbocycles. The first kappa shape index (κ1) is 14.8. The van der Waals surface area contributed by atoms with E-state index in [1.54, 1.807) is 6.07 Å². The van der Waals surface area contributed by atoms with Crippen LogP contribution < -0.4 is 0 Å². The van der Waals surface area contributed by atoms with Crippen LogP contribution in [0.5, 0.6) is 0 Å². The Bertz CT molecular complexity index is 869. The molecule has 0 fully saturated rings. The average Bonchev–Trinajstić information content (AvgIpc) is 3.11. The van der Waals surface area contributed by atoms with Crippen LogP contribution in [0.1, 0.15) is 15.9 Å². The smallest absolute Gasteiger partial charge is 0.185 e. The van der Waals surface area contributed by atoms with Crippen molar-refractivity contribution in [3.8, 4) is 22.5 Å². The van der Waals surface area contributed by atoms with E-state index in [9.17, 15) is 4.79 Å². The maximum Gasteiger partial charge on any atom is 0.185 e. The molecule has 0 atom stereocenters. The van der Waals surface area contributed by atoms with Gasteiger partial charge in [-0.2, -0.15) is 0 Å². The monoisotopic (exact) mass is 299 g/mol. The molecule has 2 nitrogen and oxygen atoms in total. The number of carbonyl (C=O) groups excluding carboxylic acids is 1. The van der Waals surface area contributed by atoms with E-state index in [1.807, 2.05) is 48.5 Å². The minimum Gasteiger partial charge on any atom is -0.355 e. The van der Waals surface area contributed by atoms with Crippen molar-refractivity contribution >= 4 is 11.9 Å². The lowest BCUT2D eigenvalue weighted by Crippen LogP contribution is -1.93. The fourth-order valence-electron chi connectivity index (χ4n) is 2.49. The van der Waals surface area contributed by atoms with Gasteiger partial charge in [-0.25, -0.2) is 0 Å². The summed E-state index contributed by atoms with van der Waals surface area (Å²) in [4.78, 5) is 15.2. The molecule has 112 valence electrons. The van der Waals surface area contributed by atoms with E-state index in [0.717, 1.165) is 28.1 Å². The van der Waals surface area contributed by atoms with E-state index < -0.39 is 0 Å². The highest BCUT2D eigenvalue weighted by atomic mass is 16.1. The second-order valence-electron chi connectivity index (χ2n) is 5.26. The largest absolute Gasteiger partial charge is 0.355 e. The first-order valence-corrected chi connectivity index (χ1v) is 7.40. The lowest BCUT2D eigenvalue weighted by atomic mass is 10.1. The van der Waals surface area contributed by atoms with Gasteiger partial charge in [-0.3, -0.25) is 4.79 Å². The molecule has 3 aromatic rings. The van der Waals surface area contributed by atoms with Crippen molar-refractivity contribution in [2.45, 2.75) is 0 Å². The molecule has 0 saturated carbocycles. The molecule has 0 radical (unpaired) electrons. The van der Waals surface area contributed by atoms with Crippen molar-refractivity contribution in [2.75, 3.05) is 0 Å². The summed E-state index contributed by atoms with van der Waals surface area (Å²) in [7, 11) is 0. The zero-order valence-electron chi connectivity index (χ0n) is 12.8. The fraction of sp³-hybridized carbons (Fsp3) is 0. The third-order valence-electron chi connectivity index (χ3n) is 3.79. The summed E-state index contributed by atoms with van der Waals surface area (Å²) < 4.78 is 0. The molecular weight excluding hydrogens is 282 g/mol. The Balaban J connectivity index is 1.93. The number of aromatic nitrogens is 1. The summed E-state index contributed by atoms with van der Waals surface area (Å²) in [6.07, 6.45) is 3.16. The van der Waals surface area contributed by atoms with Crippen molar-refractivity contribution in [3.63, 3.8) is 0 Å². The Kier molecular flexibility index (Phi) is 4.07. The van der Waals surface area contributed by atoms with Crippen molar-refractivity contribution in [3.05, 3.63) is 91.0 Å². The number of nitrogens with one attached hydrogen (secondary N) is 1. The SMILES string of the molecule is C=CC(=O)c1cccc(-c2ccc(-c3ccc(C=C)cc3)[nH]2)c1. The summed E-state index contributed by atoms with van der Waals surface area (Å²) in [6.45, 7) is 7.30. The maximum atomic E-state index is 11.7. The number of hydrogen-bond donors (Lipinski definition) is 1. The topological polar surface area (TPSA) is 32.9 Å². The van der Waals surface area contributed by atoms with E-state index in [0.29, 0.717) is 5.56 Å². The Morgan fingerprint density at radius 1 is 0.870 bits per heavy atom. The predicted octanol–water partition coefficient (Wildman–Crippen LogP) is 5.36. The van der Waals surface area contributed by atoms with Crippen LogP contribution in [0.25, 0.3) is 28.6 Å². The van der Waals surface area contributed by atoms with Gasteiger partial charge in [0.2, 0.25) is 0 Å². The number of aromatic amines is 1. The number of carbonyl (C=O) groups is 1. The molecule has 2 heteroatoms.